The van der Waals surface area contributed by atoms with Crippen molar-refractivity contribution in [3.05, 3.63) is 16.3 Å². The van der Waals surface area contributed by atoms with E-state index in [1.807, 2.05) is 23.3 Å². The number of likely N-dealkylation sites (N-methyl/N-ethyl adjacent to an activating group) is 2. The molecule has 28 heavy (non-hydrogen) atoms. The van der Waals surface area contributed by atoms with Gasteiger partial charge in [-0.25, -0.2) is 9.97 Å². The van der Waals surface area contributed by atoms with Crippen LogP contribution in [-0.4, -0.2) is 62.8 Å². The number of rotatable bonds is 5. The van der Waals surface area contributed by atoms with E-state index >= 15 is 0 Å². The molecule has 0 bridgehead atoms. The molecule has 0 aromatic carbocycles. The maximum Gasteiger partial charge on any atom is 0.239 e. The lowest BCUT2D eigenvalue weighted by molar-refractivity contribution is -0.922. The first-order chi connectivity index (χ1) is 13.5. The van der Waals surface area contributed by atoms with Crippen LogP contribution in [0.15, 0.2) is 0 Å². The molecule has 1 saturated heterocycles. The van der Waals surface area contributed by atoms with Crippen LogP contribution in [-0.2, 0) is 28.9 Å². The molecule has 1 fully saturated rings. The number of fused-ring (bicyclic) bond motifs is 3. The second kappa shape index (κ2) is 8.31. The van der Waals surface area contributed by atoms with Gasteiger partial charge in [-0.2, -0.15) is 0 Å². The first kappa shape index (κ1) is 19.5. The van der Waals surface area contributed by atoms with E-state index in [0.29, 0.717) is 6.54 Å². The average molecular weight is 405 g/mol. The third-order valence-corrected chi connectivity index (χ3v) is 6.96. The molecule has 0 radical (unpaired) electrons. The molecule has 3 heterocycles. The topological polar surface area (TPSA) is 71.8 Å². The summed E-state index contributed by atoms with van der Waals surface area (Å²) in [5, 5.41) is 3.88. The summed E-state index contributed by atoms with van der Waals surface area (Å²) in [5.74, 6) is 2.49. The van der Waals surface area contributed by atoms with E-state index in [2.05, 4.69) is 12.2 Å². The zero-order valence-electron chi connectivity index (χ0n) is 17.0. The minimum Gasteiger partial charge on any atom is -0.370 e. The molecule has 2 N–H and O–H groups in total. The normalized spacial score (nSPS) is 20.2. The number of aromatic nitrogens is 2. The zero-order chi connectivity index (χ0) is 19.7. The van der Waals surface area contributed by atoms with Gasteiger partial charge in [-0.05, 0) is 30.7 Å². The van der Waals surface area contributed by atoms with Crippen molar-refractivity contribution in [1.82, 2.24) is 15.3 Å². The molecule has 1 atom stereocenters. The van der Waals surface area contributed by atoms with Crippen molar-refractivity contribution in [3.63, 3.8) is 0 Å². The molecule has 0 spiro atoms. The molecule has 0 unspecified atom stereocenters. The summed E-state index contributed by atoms with van der Waals surface area (Å²) >= 11 is 1.82. The number of morpholine rings is 1. The lowest BCUT2D eigenvalue weighted by Gasteiger charge is -2.24. The Morgan fingerprint density at radius 2 is 2.14 bits per heavy atom. The van der Waals surface area contributed by atoms with Crippen LogP contribution >= 0.6 is 11.3 Å². The molecule has 0 saturated carbocycles. The SMILES string of the molecule is CNC(=O)CN(C)c1nc(C[NH+]2CCOCC2)nc2sc3c(c12)CC[C@H](C)C3. The number of carbonyl (C=O) groups excluding carboxylic acids is 1. The van der Waals surface area contributed by atoms with Crippen molar-refractivity contribution in [2.45, 2.75) is 32.7 Å². The number of ether oxygens (including phenoxy) is 1. The fourth-order valence-corrected chi connectivity index (χ4v) is 5.55. The predicted molar refractivity (Wildman–Crippen MR) is 111 cm³/mol. The summed E-state index contributed by atoms with van der Waals surface area (Å²) in [5.41, 5.74) is 1.40. The van der Waals surface area contributed by atoms with Crippen molar-refractivity contribution in [2.24, 2.45) is 5.92 Å². The largest absolute Gasteiger partial charge is 0.370 e. The maximum atomic E-state index is 12.0. The highest BCUT2D eigenvalue weighted by Gasteiger charge is 2.26. The molecule has 8 heteroatoms. The van der Waals surface area contributed by atoms with Crippen LogP contribution in [0.2, 0.25) is 0 Å². The summed E-state index contributed by atoms with van der Waals surface area (Å²) in [4.78, 5) is 27.9. The van der Waals surface area contributed by atoms with Gasteiger partial charge in [0, 0.05) is 19.0 Å². The summed E-state index contributed by atoms with van der Waals surface area (Å²) in [6.45, 7) is 7.00. The number of nitrogens with one attached hydrogen (secondary N) is 2. The second-order valence-electron chi connectivity index (χ2n) is 8.06. The number of anilines is 1. The number of hydrogen-bond donors (Lipinski definition) is 2. The Kier molecular flexibility index (Phi) is 5.80. The predicted octanol–water partition coefficient (Wildman–Crippen LogP) is 0.413. The van der Waals surface area contributed by atoms with Gasteiger partial charge in [-0.3, -0.25) is 4.79 Å². The standard InChI is InChI=1S/C20H29N5O2S/c1-13-4-5-14-15(10-13)28-20-18(14)19(24(3)12-17(26)21-2)22-16(23-20)11-25-6-8-27-9-7-25/h13H,4-12H2,1-3H3,(H,21,26)/p+1/t13-/m0/s1. The van der Waals surface area contributed by atoms with Crippen LogP contribution in [0.1, 0.15) is 29.6 Å². The highest BCUT2D eigenvalue weighted by Crippen LogP contribution is 2.40. The first-order valence-corrected chi connectivity index (χ1v) is 11.0. The summed E-state index contributed by atoms with van der Waals surface area (Å²) in [6.07, 6.45) is 3.41. The van der Waals surface area contributed by atoms with Gasteiger partial charge in [0.05, 0.1) is 25.1 Å². The monoisotopic (exact) mass is 404 g/mol. The van der Waals surface area contributed by atoms with E-state index in [9.17, 15) is 4.79 Å². The van der Waals surface area contributed by atoms with Crippen molar-refractivity contribution in [2.75, 3.05) is 51.8 Å². The Hall–Kier alpha value is -1.77. The van der Waals surface area contributed by atoms with Gasteiger partial charge in [0.1, 0.15) is 30.3 Å². The van der Waals surface area contributed by atoms with Crippen molar-refractivity contribution < 1.29 is 14.4 Å². The molecule has 2 aromatic rings. The van der Waals surface area contributed by atoms with Crippen LogP contribution in [0.5, 0.6) is 0 Å². The average Bonchev–Trinajstić information content (AvgIpc) is 3.05. The first-order valence-electron chi connectivity index (χ1n) is 10.2. The summed E-state index contributed by atoms with van der Waals surface area (Å²) in [7, 11) is 3.63. The number of aryl methyl sites for hydroxylation is 1. The quantitative estimate of drug-likeness (QED) is 0.756. The van der Waals surface area contributed by atoms with Crippen LogP contribution < -0.4 is 15.1 Å². The number of nitrogens with zero attached hydrogens (tertiary/aromatic N) is 3. The molecule has 2 aliphatic rings. The highest BCUT2D eigenvalue weighted by atomic mass is 32.1. The van der Waals surface area contributed by atoms with E-state index in [4.69, 9.17) is 14.7 Å². The molecule has 7 nitrogen and oxygen atoms in total. The Labute approximate surface area is 170 Å². The third-order valence-electron chi connectivity index (χ3n) is 5.81. The number of thiophene rings is 1. The van der Waals surface area contributed by atoms with E-state index in [-0.39, 0.29) is 5.91 Å². The Morgan fingerprint density at radius 3 is 2.89 bits per heavy atom. The van der Waals surface area contributed by atoms with E-state index in [1.54, 1.807) is 7.05 Å². The third kappa shape index (κ3) is 3.99. The molecule has 4 rings (SSSR count). The number of carbonyl (C=O) groups is 1. The molecule has 2 aromatic heterocycles. The van der Waals surface area contributed by atoms with E-state index in [0.717, 1.165) is 68.1 Å². The fourth-order valence-electron chi connectivity index (χ4n) is 4.15. The number of quaternary nitrogens is 1. The number of hydrogen-bond acceptors (Lipinski definition) is 6. The molecular formula is C20H30N5O2S+. The van der Waals surface area contributed by atoms with Gasteiger partial charge in [-0.15, -0.1) is 11.3 Å². The minimum atomic E-state index is -0.00710. The van der Waals surface area contributed by atoms with Crippen LogP contribution in [0.25, 0.3) is 10.2 Å². The van der Waals surface area contributed by atoms with Crippen LogP contribution in [0, 0.1) is 5.92 Å². The second-order valence-corrected chi connectivity index (χ2v) is 9.15. The van der Waals surface area contributed by atoms with Gasteiger partial charge in [0.2, 0.25) is 5.91 Å². The Balaban J connectivity index is 1.74. The summed E-state index contributed by atoms with van der Waals surface area (Å²) in [6, 6.07) is 0. The Morgan fingerprint density at radius 1 is 1.36 bits per heavy atom. The lowest BCUT2D eigenvalue weighted by Crippen LogP contribution is -3.12. The van der Waals surface area contributed by atoms with Crippen LogP contribution in [0.4, 0.5) is 5.82 Å². The van der Waals surface area contributed by atoms with Crippen molar-refractivity contribution in [3.8, 4) is 0 Å². The molecule has 1 aliphatic heterocycles. The zero-order valence-corrected chi connectivity index (χ0v) is 17.8. The lowest BCUT2D eigenvalue weighted by atomic mass is 9.89. The van der Waals surface area contributed by atoms with E-state index in [1.165, 1.54) is 27.1 Å². The fraction of sp³-hybridized carbons (Fsp3) is 0.650. The van der Waals surface area contributed by atoms with Gasteiger partial charge in [0.25, 0.3) is 0 Å². The van der Waals surface area contributed by atoms with Crippen molar-refractivity contribution >= 4 is 33.3 Å². The molecule has 1 aliphatic carbocycles. The van der Waals surface area contributed by atoms with Gasteiger partial charge in [-0.1, -0.05) is 6.92 Å². The maximum absolute atomic E-state index is 12.0. The summed E-state index contributed by atoms with van der Waals surface area (Å²) < 4.78 is 5.48. The van der Waals surface area contributed by atoms with Crippen molar-refractivity contribution in [1.29, 1.82) is 0 Å². The van der Waals surface area contributed by atoms with Gasteiger partial charge in [0.15, 0.2) is 5.82 Å². The van der Waals surface area contributed by atoms with Crippen LogP contribution in [0.3, 0.4) is 0 Å². The highest BCUT2D eigenvalue weighted by molar-refractivity contribution is 7.19. The molecular weight excluding hydrogens is 374 g/mol. The van der Waals surface area contributed by atoms with Gasteiger partial charge < -0.3 is 19.9 Å². The molecule has 1 amide bonds. The number of amides is 1. The Bertz CT molecular complexity index is 862. The molecule has 152 valence electrons. The van der Waals surface area contributed by atoms with Gasteiger partial charge >= 0.3 is 0 Å². The smallest absolute Gasteiger partial charge is 0.239 e. The minimum absolute atomic E-state index is 0.00710. The van der Waals surface area contributed by atoms with E-state index < -0.39 is 0 Å².